The van der Waals surface area contributed by atoms with Crippen molar-refractivity contribution in [2.45, 2.75) is 45.3 Å². The lowest BCUT2D eigenvalue weighted by Crippen LogP contribution is -2.61. The van der Waals surface area contributed by atoms with E-state index in [0.29, 0.717) is 19.3 Å². The fourth-order valence-electron chi connectivity index (χ4n) is 1.60. The van der Waals surface area contributed by atoms with Gasteiger partial charge in [0.1, 0.15) is 0 Å². The molecule has 2 unspecified atom stereocenters. The van der Waals surface area contributed by atoms with Gasteiger partial charge in [-0.25, -0.2) is 0 Å². The fraction of sp³-hybridized carbons (Fsp3) is 0.727. The summed E-state index contributed by atoms with van der Waals surface area (Å²) in [6.07, 6.45) is 6.25. The molecule has 0 saturated heterocycles. The van der Waals surface area contributed by atoms with Gasteiger partial charge < -0.3 is 10.4 Å². The Hall–Kier alpha value is -1.01. The molecule has 2 N–H and O–H groups in total. The highest BCUT2D eigenvalue weighted by Gasteiger charge is 2.47. The third-order valence-corrected chi connectivity index (χ3v) is 3.05. The van der Waals surface area contributed by atoms with Crippen molar-refractivity contribution in [1.29, 1.82) is 0 Å². The Morgan fingerprint density at radius 3 is 2.79 bits per heavy atom. The third kappa shape index (κ3) is 2.08. The van der Waals surface area contributed by atoms with Crippen molar-refractivity contribution in [1.82, 2.24) is 5.32 Å². The first-order valence-electron chi connectivity index (χ1n) is 4.89. The number of rotatable bonds is 3. The third-order valence-electron chi connectivity index (χ3n) is 3.05. The van der Waals surface area contributed by atoms with Crippen LogP contribution in [0.4, 0.5) is 0 Å². The smallest absolute Gasteiger partial charge is 0.221 e. The monoisotopic (exact) mass is 195 g/mol. The first kappa shape index (κ1) is 11.1. The Bertz CT molecular complexity index is 265. The van der Waals surface area contributed by atoms with Crippen molar-refractivity contribution >= 4 is 5.91 Å². The van der Waals surface area contributed by atoms with E-state index in [0.717, 1.165) is 0 Å². The Kier molecular flexibility index (Phi) is 3.17. The van der Waals surface area contributed by atoms with E-state index in [1.807, 2.05) is 13.8 Å². The molecule has 3 heteroatoms. The molecule has 0 heterocycles. The summed E-state index contributed by atoms with van der Waals surface area (Å²) in [5.41, 5.74) is -0.203. The average Bonchev–Trinajstić information content (AvgIpc) is 2.14. The van der Waals surface area contributed by atoms with Gasteiger partial charge >= 0.3 is 0 Å². The van der Waals surface area contributed by atoms with E-state index in [9.17, 15) is 9.90 Å². The molecule has 3 nitrogen and oxygen atoms in total. The quantitative estimate of drug-likeness (QED) is 0.650. The summed E-state index contributed by atoms with van der Waals surface area (Å²) in [4.78, 5) is 11.3. The van der Waals surface area contributed by atoms with Crippen LogP contribution < -0.4 is 5.32 Å². The molecule has 78 valence electrons. The van der Waals surface area contributed by atoms with Crippen LogP contribution >= 0.6 is 0 Å². The second kappa shape index (κ2) is 4.02. The number of terminal acetylenes is 1. The topological polar surface area (TPSA) is 49.3 Å². The summed E-state index contributed by atoms with van der Waals surface area (Å²) in [6.45, 7) is 3.90. The van der Waals surface area contributed by atoms with Crippen LogP contribution in [-0.4, -0.2) is 23.2 Å². The maximum atomic E-state index is 11.3. The van der Waals surface area contributed by atoms with Crippen LogP contribution in [0.1, 0.15) is 33.1 Å². The van der Waals surface area contributed by atoms with Crippen LogP contribution in [0.25, 0.3) is 0 Å². The largest absolute Gasteiger partial charge is 0.392 e. The molecule has 0 spiro atoms. The zero-order valence-corrected chi connectivity index (χ0v) is 8.71. The van der Waals surface area contributed by atoms with Crippen molar-refractivity contribution in [2.24, 2.45) is 5.41 Å². The van der Waals surface area contributed by atoms with E-state index in [4.69, 9.17) is 6.42 Å². The van der Waals surface area contributed by atoms with E-state index >= 15 is 0 Å². The van der Waals surface area contributed by atoms with Gasteiger partial charge in [0.2, 0.25) is 5.91 Å². The zero-order valence-electron chi connectivity index (χ0n) is 8.71. The highest BCUT2D eigenvalue weighted by atomic mass is 16.3. The summed E-state index contributed by atoms with van der Waals surface area (Å²) < 4.78 is 0. The number of carbonyl (C=O) groups is 1. The number of hydrogen-bond donors (Lipinski definition) is 2. The lowest BCUT2D eigenvalue weighted by molar-refractivity contribution is -0.129. The van der Waals surface area contributed by atoms with Gasteiger partial charge in [-0.3, -0.25) is 4.79 Å². The van der Waals surface area contributed by atoms with E-state index in [1.54, 1.807) is 0 Å². The molecule has 1 aliphatic rings. The van der Waals surface area contributed by atoms with E-state index in [2.05, 4.69) is 11.2 Å². The first-order valence-corrected chi connectivity index (χ1v) is 4.89. The molecule has 1 amide bonds. The Morgan fingerprint density at radius 2 is 2.36 bits per heavy atom. The molecule has 2 atom stereocenters. The van der Waals surface area contributed by atoms with Crippen molar-refractivity contribution in [3.8, 4) is 12.3 Å². The van der Waals surface area contributed by atoms with Gasteiger partial charge in [-0.2, -0.15) is 0 Å². The van der Waals surface area contributed by atoms with Crippen LogP contribution in [-0.2, 0) is 4.79 Å². The Balaban J connectivity index is 2.33. The molecule has 1 aliphatic carbocycles. The van der Waals surface area contributed by atoms with E-state index < -0.39 is 0 Å². The van der Waals surface area contributed by atoms with Gasteiger partial charge in [0.15, 0.2) is 0 Å². The summed E-state index contributed by atoms with van der Waals surface area (Å²) in [5, 5.41) is 12.3. The van der Waals surface area contributed by atoms with Gasteiger partial charge in [-0.05, 0) is 6.42 Å². The summed E-state index contributed by atoms with van der Waals surface area (Å²) >= 11 is 0. The molecule has 0 radical (unpaired) electrons. The number of aliphatic hydroxyl groups is 1. The second-order valence-corrected chi connectivity index (χ2v) is 4.40. The predicted octanol–water partition coefficient (Wildman–Crippen LogP) is 0.675. The van der Waals surface area contributed by atoms with Gasteiger partial charge in [0.05, 0.1) is 6.10 Å². The number of hydrogen-bond acceptors (Lipinski definition) is 2. The molecule has 0 aromatic heterocycles. The number of carbonyl (C=O) groups excluding carboxylic acids is 1. The minimum absolute atomic E-state index is 0.0204. The molecule has 14 heavy (non-hydrogen) atoms. The maximum absolute atomic E-state index is 11.3. The molecule has 1 saturated carbocycles. The molecule has 0 aliphatic heterocycles. The van der Waals surface area contributed by atoms with Crippen LogP contribution in [0.3, 0.4) is 0 Å². The van der Waals surface area contributed by atoms with Crippen LogP contribution in [0, 0.1) is 17.8 Å². The van der Waals surface area contributed by atoms with E-state index in [1.165, 1.54) is 0 Å². The lowest BCUT2D eigenvalue weighted by atomic mass is 9.64. The fourth-order valence-corrected chi connectivity index (χ4v) is 1.60. The number of amides is 1. The normalized spacial score (nSPS) is 28.7. The van der Waals surface area contributed by atoms with Crippen molar-refractivity contribution in [3.05, 3.63) is 0 Å². The Labute approximate surface area is 84.9 Å². The van der Waals surface area contributed by atoms with Gasteiger partial charge in [0, 0.05) is 24.3 Å². The van der Waals surface area contributed by atoms with Gasteiger partial charge in [-0.15, -0.1) is 12.3 Å². The average molecular weight is 195 g/mol. The minimum Gasteiger partial charge on any atom is -0.392 e. The number of nitrogens with one attached hydrogen (secondary N) is 1. The van der Waals surface area contributed by atoms with Crippen LogP contribution in [0.15, 0.2) is 0 Å². The minimum atomic E-state index is -0.305. The van der Waals surface area contributed by atoms with Crippen LogP contribution in [0.5, 0.6) is 0 Å². The van der Waals surface area contributed by atoms with Crippen molar-refractivity contribution in [2.75, 3.05) is 0 Å². The summed E-state index contributed by atoms with van der Waals surface area (Å²) in [5.74, 6) is 2.41. The Morgan fingerprint density at radius 1 is 1.71 bits per heavy atom. The molecular formula is C11H17NO2. The first-order chi connectivity index (χ1) is 6.48. The lowest BCUT2D eigenvalue weighted by Gasteiger charge is -2.49. The molecular weight excluding hydrogens is 178 g/mol. The van der Waals surface area contributed by atoms with Crippen molar-refractivity contribution < 1.29 is 9.90 Å². The zero-order chi connectivity index (χ0) is 10.8. The summed E-state index contributed by atoms with van der Waals surface area (Å²) in [7, 11) is 0. The standard InChI is InChI=1S/C11H17NO2/c1-4-5-6-10(14)12-8-7-9(13)11(8,2)3/h1,8-9,13H,5-7H2,2-3H3,(H,12,14). The summed E-state index contributed by atoms with van der Waals surface area (Å²) in [6, 6.07) is 0.0859. The number of aliphatic hydroxyl groups excluding tert-OH is 1. The van der Waals surface area contributed by atoms with E-state index in [-0.39, 0.29) is 23.5 Å². The molecule has 0 aromatic carbocycles. The molecule has 0 bridgehead atoms. The van der Waals surface area contributed by atoms with Gasteiger partial charge in [-0.1, -0.05) is 13.8 Å². The molecule has 0 aromatic rings. The molecule has 1 rings (SSSR count). The highest BCUT2D eigenvalue weighted by molar-refractivity contribution is 5.76. The second-order valence-electron chi connectivity index (χ2n) is 4.40. The predicted molar refractivity (Wildman–Crippen MR) is 54.4 cm³/mol. The maximum Gasteiger partial charge on any atom is 0.221 e. The SMILES string of the molecule is C#CCCC(=O)NC1CC(O)C1(C)C. The van der Waals surface area contributed by atoms with Crippen LogP contribution in [0.2, 0.25) is 0 Å². The van der Waals surface area contributed by atoms with Crippen molar-refractivity contribution in [3.63, 3.8) is 0 Å². The molecule has 1 fully saturated rings. The highest BCUT2D eigenvalue weighted by Crippen LogP contribution is 2.40. The van der Waals surface area contributed by atoms with Gasteiger partial charge in [0.25, 0.3) is 0 Å².